The molecule has 3 rings (SSSR count). The Kier molecular flexibility index (Phi) is 7.59. The summed E-state index contributed by atoms with van der Waals surface area (Å²) < 4.78 is 36.8. The summed E-state index contributed by atoms with van der Waals surface area (Å²) in [5.74, 6) is -0.462. The summed E-state index contributed by atoms with van der Waals surface area (Å²) in [7, 11) is -3.51. The molecule has 0 aliphatic carbocycles. The molecule has 1 N–H and O–H groups in total. The predicted octanol–water partition coefficient (Wildman–Crippen LogP) is 2.74. The molecule has 0 bridgehead atoms. The molecular formula is C21H25N3O6S. The molecule has 1 aliphatic heterocycles. The van der Waals surface area contributed by atoms with Crippen LogP contribution in [0.3, 0.4) is 0 Å². The smallest absolute Gasteiger partial charge is 0.331 e. The minimum absolute atomic E-state index is 0.230. The SMILES string of the molecule is Cc1cc(NC(=O)COC(=O)/C=C/c2ccc(S(=O)(=O)N3CCCCCC3)cc2)no1. The Balaban J connectivity index is 1.51. The van der Waals surface area contributed by atoms with Crippen molar-refractivity contribution >= 4 is 33.8 Å². The summed E-state index contributed by atoms with van der Waals surface area (Å²) in [6.45, 7) is 2.30. The van der Waals surface area contributed by atoms with Gasteiger partial charge in [-0.2, -0.15) is 4.31 Å². The monoisotopic (exact) mass is 447 g/mol. The predicted molar refractivity (Wildman–Crippen MR) is 114 cm³/mol. The van der Waals surface area contributed by atoms with Gasteiger partial charge in [0.2, 0.25) is 10.0 Å². The van der Waals surface area contributed by atoms with E-state index < -0.39 is 28.5 Å². The van der Waals surface area contributed by atoms with Gasteiger partial charge in [0.25, 0.3) is 5.91 Å². The molecule has 2 heterocycles. The van der Waals surface area contributed by atoms with Gasteiger partial charge in [-0.15, -0.1) is 0 Å². The number of nitrogens with zero attached hydrogens (tertiary/aromatic N) is 2. The average molecular weight is 448 g/mol. The van der Waals surface area contributed by atoms with Gasteiger partial charge < -0.3 is 14.6 Å². The fourth-order valence-electron chi connectivity index (χ4n) is 3.14. The largest absolute Gasteiger partial charge is 0.452 e. The van der Waals surface area contributed by atoms with E-state index in [4.69, 9.17) is 9.26 Å². The van der Waals surface area contributed by atoms with E-state index in [-0.39, 0.29) is 10.7 Å². The van der Waals surface area contributed by atoms with Gasteiger partial charge in [0.05, 0.1) is 4.90 Å². The third kappa shape index (κ3) is 6.50. The lowest BCUT2D eigenvalue weighted by molar-refractivity contribution is -0.142. The van der Waals surface area contributed by atoms with E-state index in [9.17, 15) is 18.0 Å². The Morgan fingerprint density at radius 2 is 1.84 bits per heavy atom. The van der Waals surface area contributed by atoms with Crippen LogP contribution in [0.4, 0.5) is 5.82 Å². The van der Waals surface area contributed by atoms with Crippen LogP contribution in [-0.2, 0) is 24.3 Å². The second-order valence-electron chi connectivity index (χ2n) is 7.20. The average Bonchev–Trinajstić information content (AvgIpc) is 2.98. The van der Waals surface area contributed by atoms with Gasteiger partial charge in [-0.3, -0.25) is 4.79 Å². The summed E-state index contributed by atoms with van der Waals surface area (Å²) in [6.07, 6.45) is 6.51. The van der Waals surface area contributed by atoms with Crippen molar-refractivity contribution in [2.45, 2.75) is 37.5 Å². The molecule has 10 heteroatoms. The highest BCUT2D eigenvalue weighted by molar-refractivity contribution is 7.89. The quantitative estimate of drug-likeness (QED) is 0.512. The number of carbonyl (C=O) groups is 2. The number of esters is 1. The Morgan fingerprint density at radius 1 is 1.16 bits per heavy atom. The van der Waals surface area contributed by atoms with Crippen LogP contribution in [-0.4, -0.2) is 49.5 Å². The van der Waals surface area contributed by atoms with E-state index in [0.717, 1.165) is 25.7 Å². The number of hydrogen-bond acceptors (Lipinski definition) is 7. The topological polar surface area (TPSA) is 119 Å². The fraction of sp³-hybridized carbons (Fsp3) is 0.381. The van der Waals surface area contributed by atoms with Gasteiger partial charge in [-0.25, -0.2) is 13.2 Å². The van der Waals surface area contributed by atoms with E-state index in [1.54, 1.807) is 19.1 Å². The van der Waals surface area contributed by atoms with Crippen LogP contribution in [0.2, 0.25) is 0 Å². The van der Waals surface area contributed by atoms with Gasteiger partial charge in [0.1, 0.15) is 5.76 Å². The maximum atomic E-state index is 12.8. The highest BCUT2D eigenvalue weighted by atomic mass is 32.2. The molecule has 1 aliphatic rings. The van der Waals surface area contributed by atoms with Gasteiger partial charge in [-0.05, 0) is 43.5 Å². The minimum Gasteiger partial charge on any atom is -0.452 e. The molecule has 1 saturated heterocycles. The number of aromatic nitrogens is 1. The Bertz CT molecular complexity index is 1040. The van der Waals surface area contributed by atoms with Crippen molar-refractivity contribution in [3.63, 3.8) is 0 Å². The standard InChI is InChI=1S/C21H25N3O6S/c1-16-14-19(23-30-16)22-20(25)15-29-21(26)11-8-17-6-9-18(10-7-17)31(27,28)24-12-4-2-3-5-13-24/h6-11,14H,2-5,12-13,15H2,1H3,(H,22,23,25)/b11-8+. The molecular weight excluding hydrogens is 422 g/mol. The van der Waals surface area contributed by atoms with Crippen LogP contribution in [0.15, 0.2) is 45.8 Å². The molecule has 0 atom stereocenters. The highest BCUT2D eigenvalue weighted by Gasteiger charge is 2.24. The van der Waals surface area contributed by atoms with E-state index >= 15 is 0 Å². The van der Waals surface area contributed by atoms with E-state index in [2.05, 4.69) is 10.5 Å². The van der Waals surface area contributed by atoms with E-state index in [0.29, 0.717) is 24.4 Å². The molecule has 31 heavy (non-hydrogen) atoms. The summed E-state index contributed by atoms with van der Waals surface area (Å²) in [4.78, 5) is 23.8. The number of sulfonamides is 1. The zero-order valence-electron chi connectivity index (χ0n) is 17.2. The first-order valence-corrected chi connectivity index (χ1v) is 11.5. The summed E-state index contributed by atoms with van der Waals surface area (Å²) in [5.41, 5.74) is 0.634. The molecule has 1 aromatic heterocycles. The summed E-state index contributed by atoms with van der Waals surface area (Å²) >= 11 is 0. The number of anilines is 1. The lowest BCUT2D eigenvalue weighted by atomic mass is 10.2. The first kappa shape index (κ1) is 22.7. The molecule has 166 valence electrons. The van der Waals surface area contributed by atoms with Gasteiger partial charge >= 0.3 is 5.97 Å². The van der Waals surface area contributed by atoms with Crippen molar-refractivity contribution in [1.29, 1.82) is 0 Å². The normalized spacial score (nSPS) is 15.5. The van der Waals surface area contributed by atoms with Crippen LogP contribution >= 0.6 is 0 Å². The lowest BCUT2D eigenvalue weighted by Gasteiger charge is -2.19. The Hall–Kier alpha value is -2.98. The van der Waals surface area contributed by atoms with E-state index in [1.807, 2.05) is 0 Å². The summed E-state index contributed by atoms with van der Waals surface area (Å²) in [6, 6.07) is 7.83. The first-order valence-electron chi connectivity index (χ1n) is 10.0. The molecule has 0 unspecified atom stereocenters. The number of aryl methyl sites for hydroxylation is 1. The maximum absolute atomic E-state index is 12.8. The molecule has 0 radical (unpaired) electrons. The van der Waals surface area contributed by atoms with Crippen LogP contribution in [0, 0.1) is 6.92 Å². The van der Waals surface area contributed by atoms with Crippen LogP contribution in [0.5, 0.6) is 0 Å². The second kappa shape index (κ2) is 10.4. The van der Waals surface area contributed by atoms with Crippen LogP contribution in [0.1, 0.15) is 37.0 Å². The third-order valence-electron chi connectivity index (χ3n) is 4.74. The number of carbonyl (C=O) groups excluding carboxylic acids is 2. The molecule has 1 aromatic carbocycles. The molecule has 1 amide bonds. The third-order valence-corrected chi connectivity index (χ3v) is 6.65. The van der Waals surface area contributed by atoms with E-state index in [1.165, 1.54) is 34.7 Å². The highest BCUT2D eigenvalue weighted by Crippen LogP contribution is 2.21. The van der Waals surface area contributed by atoms with Crippen LogP contribution < -0.4 is 5.32 Å². The first-order chi connectivity index (χ1) is 14.8. The molecule has 0 spiro atoms. The molecule has 0 saturated carbocycles. The van der Waals surface area contributed by atoms with Crippen molar-refractivity contribution in [2.24, 2.45) is 0 Å². The van der Waals surface area contributed by atoms with Crippen LogP contribution in [0.25, 0.3) is 6.08 Å². The van der Waals surface area contributed by atoms with Gasteiger partial charge in [0.15, 0.2) is 12.4 Å². The fourth-order valence-corrected chi connectivity index (χ4v) is 4.65. The zero-order chi connectivity index (χ0) is 22.3. The van der Waals surface area contributed by atoms with Crippen molar-refractivity contribution in [3.05, 3.63) is 47.7 Å². The van der Waals surface area contributed by atoms with Gasteiger partial charge in [-0.1, -0.05) is 30.1 Å². The Labute approximate surface area is 181 Å². The minimum atomic E-state index is -3.51. The zero-order valence-corrected chi connectivity index (χ0v) is 18.1. The number of amides is 1. The Morgan fingerprint density at radius 3 is 2.45 bits per heavy atom. The molecule has 1 fully saturated rings. The molecule has 9 nitrogen and oxygen atoms in total. The molecule has 2 aromatic rings. The maximum Gasteiger partial charge on any atom is 0.331 e. The van der Waals surface area contributed by atoms with Crippen molar-refractivity contribution < 1.29 is 27.3 Å². The number of nitrogens with one attached hydrogen (secondary N) is 1. The van der Waals surface area contributed by atoms with Gasteiger partial charge in [0, 0.05) is 25.2 Å². The van der Waals surface area contributed by atoms with Crippen molar-refractivity contribution in [3.8, 4) is 0 Å². The number of rotatable bonds is 7. The number of hydrogen-bond donors (Lipinski definition) is 1. The van der Waals surface area contributed by atoms with Crippen molar-refractivity contribution in [2.75, 3.05) is 25.0 Å². The summed E-state index contributed by atoms with van der Waals surface area (Å²) in [5, 5.41) is 6.05. The van der Waals surface area contributed by atoms with Crippen molar-refractivity contribution in [1.82, 2.24) is 9.46 Å². The second-order valence-corrected chi connectivity index (χ2v) is 9.14. The number of benzene rings is 1. The number of ether oxygens (including phenoxy) is 1. The lowest BCUT2D eigenvalue weighted by Crippen LogP contribution is -2.31.